The summed E-state index contributed by atoms with van der Waals surface area (Å²) in [7, 11) is 1.57. The molecule has 9 heteroatoms. The van der Waals surface area contributed by atoms with Crippen molar-refractivity contribution in [3.05, 3.63) is 77.8 Å². The molecule has 3 aromatic rings. The molecule has 1 fully saturated rings. The van der Waals surface area contributed by atoms with Crippen LogP contribution >= 0.6 is 11.6 Å². The zero-order valence-electron chi connectivity index (χ0n) is 18.9. The summed E-state index contributed by atoms with van der Waals surface area (Å²) in [5.41, 5.74) is 1.17. The lowest BCUT2D eigenvalue weighted by atomic mass is 10.1. The van der Waals surface area contributed by atoms with Crippen LogP contribution in [0.5, 0.6) is 17.2 Å². The van der Waals surface area contributed by atoms with Gasteiger partial charge in [0.2, 0.25) is 5.91 Å². The van der Waals surface area contributed by atoms with Crippen LogP contribution in [0, 0.1) is 5.92 Å². The van der Waals surface area contributed by atoms with Crippen LogP contribution < -0.4 is 19.7 Å². The number of rotatable bonds is 8. The first-order valence-electron chi connectivity index (χ1n) is 10.9. The summed E-state index contributed by atoms with van der Waals surface area (Å²) in [6.07, 6.45) is 0.0110. The molecular weight excluding hydrogens is 472 g/mol. The van der Waals surface area contributed by atoms with E-state index in [1.807, 2.05) is 12.1 Å². The Hall–Kier alpha value is -4.04. The molecule has 1 aliphatic heterocycles. The topological polar surface area (TPSA) is 94.2 Å². The number of esters is 1. The van der Waals surface area contributed by atoms with Crippen LogP contribution in [-0.2, 0) is 19.1 Å². The highest BCUT2D eigenvalue weighted by Gasteiger charge is 2.36. The molecular formula is C26H23ClN2O6. The van der Waals surface area contributed by atoms with Crippen LogP contribution in [0.4, 0.5) is 11.4 Å². The second kappa shape index (κ2) is 10.9. The Morgan fingerprint density at radius 1 is 1.00 bits per heavy atom. The predicted octanol–water partition coefficient (Wildman–Crippen LogP) is 4.68. The highest BCUT2D eigenvalue weighted by molar-refractivity contribution is 6.30. The number of methoxy groups -OCH3 is 1. The van der Waals surface area contributed by atoms with E-state index in [1.54, 1.807) is 67.8 Å². The maximum absolute atomic E-state index is 12.5. The maximum atomic E-state index is 12.5. The Morgan fingerprint density at radius 2 is 1.69 bits per heavy atom. The summed E-state index contributed by atoms with van der Waals surface area (Å²) in [6, 6.07) is 20.8. The lowest BCUT2D eigenvalue weighted by Gasteiger charge is -2.17. The normalized spacial score (nSPS) is 15.0. The van der Waals surface area contributed by atoms with E-state index in [-0.39, 0.29) is 18.9 Å². The van der Waals surface area contributed by atoms with Gasteiger partial charge in [-0.25, -0.2) is 0 Å². The minimum Gasteiger partial charge on any atom is -0.493 e. The number of nitrogens with one attached hydrogen (secondary N) is 1. The zero-order valence-corrected chi connectivity index (χ0v) is 19.7. The molecule has 2 amide bonds. The molecule has 0 aliphatic carbocycles. The first kappa shape index (κ1) is 24.1. The number of carbonyl (C=O) groups excluding carboxylic acids is 3. The SMILES string of the molecule is COc1ccccc1Oc1ccc(N2C[C@H](C(=O)OCC(=O)Nc3ccc(Cl)cc3)CC2=O)cc1. The Bertz CT molecular complexity index is 1210. The van der Waals surface area contributed by atoms with Gasteiger partial charge in [0.15, 0.2) is 18.1 Å². The van der Waals surface area contributed by atoms with Crippen molar-refractivity contribution >= 4 is 40.8 Å². The van der Waals surface area contributed by atoms with E-state index in [0.717, 1.165) is 0 Å². The Labute approximate surface area is 207 Å². The summed E-state index contributed by atoms with van der Waals surface area (Å²) in [5.74, 6) is -0.174. The number of hydrogen-bond acceptors (Lipinski definition) is 6. The fourth-order valence-electron chi connectivity index (χ4n) is 3.62. The molecule has 0 unspecified atom stereocenters. The number of para-hydroxylation sites is 2. The van der Waals surface area contributed by atoms with Crippen LogP contribution in [-0.4, -0.2) is 38.0 Å². The summed E-state index contributed by atoms with van der Waals surface area (Å²) in [6.45, 7) is -0.273. The van der Waals surface area contributed by atoms with Gasteiger partial charge in [-0.3, -0.25) is 14.4 Å². The largest absolute Gasteiger partial charge is 0.493 e. The number of carbonyl (C=O) groups is 3. The van der Waals surface area contributed by atoms with Gasteiger partial charge in [-0.05, 0) is 60.7 Å². The van der Waals surface area contributed by atoms with Gasteiger partial charge in [0.1, 0.15) is 5.75 Å². The smallest absolute Gasteiger partial charge is 0.311 e. The summed E-state index contributed by atoms with van der Waals surface area (Å²) in [4.78, 5) is 38.6. The van der Waals surface area contributed by atoms with Crippen LogP contribution in [0.1, 0.15) is 6.42 Å². The van der Waals surface area contributed by atoms with Gasteiger partial charge in [0.05, 0.1) is 13.0 Å². The van der Waals surface area contributed by atoms with Gasteiger partial charge < -0.3 is 24.4 Å². The van der Waals surface area contributed by atoms with Crippen LogP contribution in [0.2, 0.25) is 5.02 Å². The van der Waals surface area contributed by atoms with Gasteiger partial charge in [-0.1, -0.05) is 23.7 Å². The number of nitrogens with zero attached hydrogens (tertiary/aromatic N) is 1. The average molecular weight is 495 g/mol. The second-order valence-corrected chi connectivity index (χ2v) is 8.25. The first-order valence-corrected chi connectivity index (χ1v) is 11.2. The van der Waals surface area contributed by atoms with E-state index in [4.69, 9.17) is 25.8 Å². The fraction of sp³-hybridized carbons (Fsp3) is 0.192. The summed E-state index contributed by atoms with van der Waals surface area (Å²) in [5, 5.41) is 3.16. The van der Waals surface area contributed by atoms with Crippen LogP contribution in [0.25, 0.3) is 0 Å². The molecule has 0 bridgehead atoms. The van der Waals surface area contributed by atoms with Gasteiger partial charge >= 0.3 is 5.97 Å². The first-order chi connectivity index (χ1) is 16.9. The minimum atomic E-state index is -0.657. The number of halogens is 1. The Balaban J connectivity index is 1.30. The molecule has 35 heavy (non-hydrogen) atoms. The van der Waals surface area contributed by atoms with Gasteiger partial charge in [-0.2, -0.15) is 0 Å². The fourth-order valence-corrected chi connectivity index (χ4v) is 3.75. The third kappa shape index (κ3) is 6.10. The average Bonchev–Trinajstić information content (AvgIpc) is 3.26. The zero-order chi connectivity index (χ0) is 24.8. The van der Waals surface area contributed by atoms with Gasteiger partial charge in [0.25, 0.3) is 5.91 Å². The standard InChI is InChI=1S/C26H23ClN2O6/c1-33-22-4-2-3-5-23(22)35-21-12-10-20(11-13-21)29-15-17(14-25(29)31)26(32)34-16-24(30)28-19-8-6-18(27)7-9-19/h2-13,17H,14-16H2,1H3,(H,28,30)/t17-/m1/s1. The van der Waals surface area contributed by atoms with Crippen molar-refractivity contribution in [2.24, 2.45) is 5.92 Å². The maximum Gasteiger partial charge on any atom is 0.311 e. The van der Waals surface area contributed by atoms with E-state index >= 15 is 0 Å². The quantitative estimate of drug-likeness (QED) is 0.457. The van der Waals surface area contributed by atoms with Crippen molar-refractivity contribution in [1.29, 1.82) is 0 Å². The van der Waals surface area contributed by atoms with Crippen molar-refractivity contribution < 1.29 is 28.6 Å². The molecule has 4 rings (SSSR count). The molecule has 1 aliphatic rings. The van der Waals surface area contributed by atoms with Gasteiger partial charge in [0, 0.05) is 29.4 Å². The van der Waals surface area contributed by atoms with Crippen molar-refractivity contribution in [1.82, 2.24) is 0 Å². The van der Waals surface area contributed by atoms with Crippen LogP contribution in [0.3, 0.4) is 0 Å². The summed E-state index contributed by atoms with van der Waals surface area (Å²) >= 11 is 5.82. The molecule has 3 aromatic carbocycles. The van der Waals surface area contributed by atoms with Gasteiger partial charge in [-0.15, -0.1) is 0 Å². The monoisotopic (exact) mass is 494 g/mol. The third-order valence-corrected chi connectivity index (χ3v) is 5.63. The van der Waals surface area contributed by atoms with Crippen LogP contribution in [0.15, 0.2) is 72.8 Å². The highest BCUT2D eigenvalue weighted by Crippen LogP contribution is 2.33. The van der Waals surface area contributed by atoms with E-state index in [9.17, 15) is 14.4 Å². The number of anilines is 2. The molecule has 0 radical (unpaired) electrons. The molecule has 1 atom stereocenters. The number of benzene rings is 3. The lowest BCUT2D eigenvalue weighted by Crippen LogP contribution is -2.28. The molecule has 1 heterocycles. The minimum absolute atomic E-state index is 0.0110. The van der Waals surface area contributed by atoms with Crippen molar-refractivity contribution in [2.75, 3.05) is 30.5 Å². The number of amides is 2. The van der Waals surface area contributed by atoms with Crippen molar-refractivity contribution in [3.8, 4) is 17.2 Å². The number of ether oxygens (including phenoxy) is 3. The predicted molar refractivity (Wildman–Crippen MR) is 131 cm³/mol. The van der Waals surface area contributed by atoms with E-state index in [1.165, 1.54) is 4.90 Å². The van der Waals surface area contributed by atoms with E-state index in [2.05, 4.69) is 5.32 Å². The lowest BCUT2D eigenvalue weighted by molar-refractivity contribution is -0.151. The second-order valence-electron chi connectivity index (χ2n) is 7.81. The molecule has 1 saturated heterocycles. The number of hydrogen-bond donors (Lipinski definition) is 1. The summed E-state index contributed by atoms with van der Waals surface area (Å²) < 4.78 is 16.3. The Morgan fingerprint density at radius 3 is 2.37 bits per heavy atom. The molecule has 1 N–H and O–H groups in total. The molecule has 0 aromatic heterocycles. The molecule has 180 valence electrons. The Kier molecular flexibility index (Phi) is 7.52. The molecule has 0 saturated carbocycles. The molecule has 0 spiro atoms. The van der Waals surface area contributed by atoms with Crippen molar-refractivity contribution in [3.63, 3.8) is 0 Å². The van der Waals surface area contributed by atoms with E-state index < -0.39 is 24.4 Å². The highest BCUT2D eigenvalue weighted by atomic mass is 35.5. The molecule has 8 nitrogen and oxygen atoms in total. The van der Waals surface area contributed by atoms with E-state index in [0.29, 0.717) is 33.6 Å². The third-order valence-electron chi connectivity index (χ3n) is 5.38. The van der Waals surface area contributed by atoms with Crippen molar-refractivity contribution in [2.45, 2.75) is 6.42 Å².